The van der Waals surface area contributed by atoms with Gasteiger partial charge in [-0.25, -0.2) is 0 Å². The number of nitrogens with one attached hydrogen (secondary N) is 2. The maximum atomic E-state index is 11.9. The number of morpholine rings is 1. The molecule has 1 aliphatic rings. The fourth-order valence-electron chi connectivity index (χ4n) is 1.92. The highest BCUT2D eigenvalue weighted by atomic mass is 16.5. The summed E-state index contributed by atoms with van der Waals surface area (Å²) in [7, 11) is 0. The zero-order valence-corrected chi connectivity index (χ0v) is 10.2. The van der Waals surface area contributed by atoms with Gasteiger partial charge in [0.15, 0.2) is 0 Å². The van der Waals surface area contributed by atoms with E-state index in [4.69, 9.17) is 4.74 Å². The van der Waals surface area contributed by atoms with Gasteiger partial charge in [-0.3, -0.25) is 4.79 Å². The molecule has 0 aliphatic carbocycles. The average molecular weight is 250 g/mol. The van der Waals surface area contributed by atoms with E-state index in [1.54, 1.807) is 0 Å². The van der Waals surface area contributed by atoms with Crippen molar-refractivity contribution in [2.75, 3.05) is 19.8 Å². The van der Waals surface area contributed by atoms with Gasteiger partial charge in [0.05, 0.1) is 19.8 Å². The van der Waals surface area contributed by atoms with Crippen LogP contribution >= 0.6 is 0 Å². The Labute approximate surface area is 106 Å². The van der Waals surface area contributed by atoms with Crippen molar-refractivity contribution in [3.63, 3.8) is 0 Å². The first kappa shape index (κ1) is 13.0. The predicted molar refractivity (Wildman–Crippen MR) is 66.8 cm³/mol. The van der Waals surface area contributed by atoms with E-state index in [-0.39, 0.29) is 18.6 Å². The third kappa shape index (κ3) is 3.29. The number of carbonyl (C=O) groups excluding carboxylic acids is 1. The molecule has 1 aliphatic heterocycles. The minimum atomic E-state index is -0.278. The van der Waals surface area contributed by atoms with E-state index < -0.39 is 0 Å². The molecule has 5 heteroatoms. The standard InChI is InChI=1S/C13H18N2O3/c16-8-11-4-2-1-3-10(11)7-15-13(17)12-9-18-6-5-14-12/h1-4,12,14,16H,5-9H2,(H,15,17). The summed E-state index contributed by atoms with van der Waals surface area (Å²) in [6, 6.07) is 7.23. The Morgan fingerprint density at radius 3 is 2.89 bits per heavy atom. The molecule has 18 heavy (non-hydrogen) atoms. The Morgan fingerprint density at radius 1 is 1.44 bits per heavy atom. The number of benzene rings is 1. The number of ether oxygens (including phenoxy) is 1. The molecule has 0 bridgehead atoms. The van der Waals surface area contributed by atoms with E-state index in [0.29, 0.717) is 26.3 Å². The van der Waals surface area contributed by atoms with Gasteiger partial charge in [-0.2, -0.15) is 0 Å². The van der Waals surface area contributed by atoms with Gasteiger partial charge in [-0.15, -0.1) is 0 Å². The first-order valence-corrected chi connectivity index (χ1v) is 6.07. The van der Waals surface area contributed by atoms with Crippen molar-refractivity contribution in [2.45, 2.75) is 19.2 Å². The SMILES string of the molecule is O=C(NCc1ccccc1CO)C1COCCN1. The molecule has 1 atom stereocenters. The molecule has 98 valence electrons. The number of amides is 1. The van der Waals surface area contributed by atoms with Crippen LogP contribution in [-0.2, 0) is 22.7 Å². The molecule has 1 fully saturated rings. The number of hydrogen-bond acceptors (Lipinski definition) is 4. The maximum absolute atomic E-state index is 11.9. The topological polar surface area (TPSA) is 70.6 Å². The van der Waals surface area contributed by atoms with Crippen LogP contribution in [0.1, 0.15) is 11.1 Å². The van der Waals surface area contributed by atoms with E-state index >= 15 is 0 Å². The van der Waals surface area contributed by atoms with Crippen LogP contribution in [0.3, 0.4) is 0 Å². The zero-order chi connectivity index (χ0) is 12.8. The number of carbonyl (C=O) groups is 1. The van der Waals surface area contributed by atoms with Gasteiger partial charge in [-0.1, -0.05) is 24.3 Å². The predicted octanol–water partition coefficient (Wildman–Crippen LogP) is -0.217. The first-order chi connectivity index (χ1) is 8.81. The highest BCUT2D eigenvalue weighted by molar-refractivity contribution is 5.82. The summed E-state index contributed by atoms with van der Waals surface area (Å²) < 4.78 is 5.24. The zero-order valence-electron chi connectivity index (χ0n) is 10.2. The van der Waals surface area contributed by atoms with Gasteiger partial charge < -0.3 is 20.5 Å². The lowest BCUT2D eigenvalue weighted by atomic mass is 10.1. The lowest BCUT2D eigenvalue weighted by molar-refractivity contribution is -0.126. The molecule has 0 radical (unpaired) electrons. The summed E-state index contributed by atoms with van der Waals surface area (Å²) in [6.07, 6.45) is 0. The van der Waals surface area contributed by atoms with E-state index in [9.17, 15) is 9.90 Å². The van der Waals surface area contributed by atoms with Crippen LogP contribution in [0.4, 0.5) is 0 Å². The molecule has 0 saturated carbocycles. The molecule has 1 unspecified atom stereocenters. The number of aliphatic hydroxyl groups is 1. The van der Waals surface area contributed by atoms with Crippen molar-refractivity contribution in [3.8, 4) is 0 Å². The number of rotatable bonds is 4. The largest absolute Gasteiger partial charge is 0.392 e. The maximum Gasteiger partial charge on any atom is 0.239 e. The fraction of sp³-hybridized carbons (Fsp3) is 0.462. The molecular weight excluding hydrogens is 232 g/mol. The molecule has 1 aromatic rings. The number of aliphatic hydroxyl groups excluding tert-OH is 1. The third-order valence-electron chi connectivity index (χ3n) is 2.98. The highest BCUT2D eigenvalue weighted by Crippen LogP contribution is 2.08. The second-order valence-electron chi connectivity index (χ2n) is 4.23. The minimum absolute atomic E-state index is 0.0170. The van der Waals surface area contributed by atoms with Crippen LogP contribution in [0, 0.1) is 0 Å². The van der Waals surface area contributed by atoms with E-state index in [2.05, 4.69) is 10.6 Å². The third-order valence-corrected chi connectivity index (χ3v) is 2.98. The lowest BCUT2D eigenvalue weighted by Gasteiger charge is -2.23. The van der Waals surface area contributed by atoms with Gasteiger partial charge in [0, 0.05) is 13.1 Å². The molecular formula is C13H18N2O3. The van der Waals surface area contributed by atoms with Crippen molar-refractivity contribution < 1.29 is 14.6 Å². The Kier molecular flexibility index (Phi) is 4.69. The molecule has 1 heterocycles. The second-order valence-corrected chi connectivity index (χ2v) is 4.23. The Hall–Kier alpha value is -1.43. The second kappa shape index (κ2) is 6.49. The summed E-state index contributed by atoms with van der Waals surface area (Å²) in [6.45, 7) is 2.17. The van der Waals surface area contributed by atoms with Gasteiger partial charge in [0.25, 0.3) is 0 Å². The Balaban J connectivity index is 1.88. The van der Waals surface area contributed by atoms with Gasteiger partial charge in [0.1, 0.15) is 6.04 Å². The lowest BCUT2D eigenvalue weighted by Crippen LogP contribution is -2.51. The fourth-order valence-corrected chi connectivity index (χ4v) is 1.92. The van der Waals surface area contributed by atoms with Crippen LogP contribution in [0.5, 0.6) is 0 Å². The van der Waals surface area contributed by atoms with Crippen LogP contribution in [0.15, 0.2) is 24.3 Å². The van der Waals surface area contributed by atoms with Crippen LogP contribution < -0.4 is 10.6 Å². The van der Waals surface area contributed by atoms with Crippen molar-refractivity contribution >= 4 is 5.91 Å². The molecule has 5 nitrogen and oxygen atoms in total. The molecule has 1 saturated heterocycles. The van der Waals surface area contributed by atoms with Crippen LogP contribution in [0.25, 0.3) is 0 Å². The van der Waals surface area contributed by atoms with Crippen molar-refractivity contribution in [1.29, 1.82) is 0 Å². The Morgan fingerprint density at radius 2 is 2.22 bits per heavy atom. The summed E-state index contributed by atoms with van der Waals surface area (Å²) >= 11 is 0. The van der Waals surface area contributed by atoms with Gasteiger partial charge >= 0.3 is 0 Å². The average Bonchev–Trinajstić information content (AvgIpc) is 2.46. The van der Waals surface area contributed by atoms with Crippen LogP contribution in [-0.4, -0.2) is 36.8 Å². The summed E-state index contributed by atoms with van der Waals surface area (Å²) in [4.78, 5) is 11.9. The molecule has 2 rings (SSSR count). The quantitative estimate of drug-likeness (QED) is 0.691. The monoisotopic (exact) mass is 250 g/mol. The van der Waals surface area contributed by atoms with Crippen LogP contribution in [0.2, 0.25) is 0 Å². The number of hydrogen-bond donors (Lipinski definition) is 3. The smallest absolute Gasteiger partial charge is 0.239 e. The van der Waals surface area contributed by atoms with E-state index in [1.807, 2.05) is 24.3 Å². The van der Waals surface area contributed by atoms with Gasteiger partial charge in [-0.05, 0) is 11.1 Å². The van der Waals surface area contributed by atoms with E-state index in [1.165, 1.54) is 0 Å². The highest BCUT2D eigenvalue weighted by Gasteiger charge is 2.20. The molecule has 0 aromatic heterocycles. The summed E-state index contributed by atoms with van der Waals surface area (Å²) in [5, 5.41) is 15.1. The molecule has 0 spiro atoms. The molecule has 3 N–H and O–H groups in total. The van der Waals surface area contributed by atoms with E-state index in [0.717, 1.165) is 11.1 Å². The van der Waals surface area contributed by atoms with Crippen molar-refractivity contribution in [1.82, 2.24) is 10.6 Å². The molecule has 1 amide bonds. The molecule has 1 aromatic carbocycles. The Bertz CT molecular complexity index is 403. The van der Waals surface area contributed by atoms with Crippen molar-refractivity contribution in [2.24, 2.45) is 0 Å². The summed E-state index contributed by atoms with van der Waals surface area (Å²) in [5.74, 6) is -0.0672. The van der Waals surface area contributed by atoms with Crippen molar-refractivity contribution in [3.05, 3.63) is 35.4 Å². The minimum Gasteiger partial charge on any atom is -0.392 e. The first-order valence-electron chi connectivity index (χ1n) is 6.07. The van der Waals surface area contributed by atoms with Gasteiger partial charge in [0.2, 0.25) is 5.91 Å². The summed E-state index contributed by atoms with van der Waals surface area (Å²) in [5.41, 5.74) is 1.77. The normalized spacial score (nSPS) is 19.5.